The van der Waals surface area contributed by atoms with Gasteiger partial charge in [0.15, 0.2) is 17.7 Å². The Morgan fingerprint density at radius 2 is 1.76 bits per heavy atom. The van der Waals surface area contributed by atoms with Crippen LogP contribution in [-0.2, 0) is 27.2 Å². The van der Waals surface area contributed by atoms with Crippen molar-refractivity contribution in [3.63, 3.8) is 0 Å². The van der Waals surface area contributed by atoms with Gasteiger partial charge in [0.2, 0.25) is 5.91 Å². The number of aryl methyl sites for hydroxylation is 1. The Hall–Kier alpha value is -2.93. The summed E-state index contributed by atoms with van der Waals surface area (Å²) in [5, 5.41) is 10.3. The van der Waals surface area contributed by atoms with Crippen LogP contribution in [0, 0.1) is 25.1 Å². The summed E-state index contributed by atoms with van der Waals surface area (Å²) in [5.41, 5.74) is 4.44. The van der Waals surface area contributed by atoms with Crippen molar-refractivity contribution in [3.05, 3.63) is 45.8 Å². The van der Waals surface area contributed by atoms with Crippen LogP contribution < -0.4 is 9.64 Å². The number of hydrogen-bond acceptors (Lipinski definition) is 4. The molecule has 2 aliphatic rings. The van der Waals surface area contributed by atoms with Gasteiger partial charge in [0.1, 0.15) is 0 Å². The summed E-state index contributed by atoms with van der Waals surface area (Å²) < 4.78 is 27.2. The number of carboxylic acids is 1. The minimum atomic E-state index is -1.26. The summed E-state index contributed by atoms with van der Waals surface area (Å²) in [6, 6.07) is 3.35. The second-order valence-electron chi connectivity index (χ2n) is 12.2. The van der Waals surface area contributed by atoms with Crippen LogP contribution in [0.3, 0.4) is 0 Å². The van der Waals surface area contributed by atoms with Crippen molar-refractivity contribution < 1.29 is 28.6 Å². The van der Waals surface area contributed by atoms with E-state index in [-0.39, 0.29) is 11.7 Å². The lowest BCUT2D eigenvalue weighted by molar-refractivity contribution is -0.160. The van der Waals surface area contributed by atoms with Crippen molar-refractivity contribution >= 4 is 17.6 Å². The molecule has 0 unspecified atom stereocenters. The number of rotatable bonds is 4. The molecular formula is C30H38FNO5. The first-order valence-electron chi connectivity index (χ1n) is 13.0. The molecule has 0 saturated heterocycles. The second-order valence-corrected chi connectivity index (χ2v) is 12.2. The van der Waals surface area contributed by atoms with Gasteiger partial charge in [0, 0.05) is 28.8 Å². The molecule has 2 aliphatic heterocycles. The number of benzene rings is 2. The van der Waals surface area contributed by atoms with Gasteiger partial charge in [0.05, 0.1) is 12.2 Å². The number of amides is 1. The fourth-order valence-corrected chi connectivity index (χ4v) is 5.46. The monoisotopic (exact) mass is 511 g/mol. The summed E-state index contributed by atoms with van der Waals surface area (Å²) in [6.07, 6.45) is 0.748. The van der Waals surface area contributed by atoms with Crippen LogP contribution in [0.4, 0.5) is 10.1 Å². The lowest BCUT2D eigenvalue weighted by atomic mass is 9.83. The Bertz CT molecular complexity index is 1270. The molecule has 0 aromatic heterocycles. The molecule has 2 aromatic carbocycles. The fraction of sp³-hybridized carbons (Fsp3) is 0.533. The van der Waals surface area contributed by atoms with Crippen LogP contribution in [0.25, 0.3) is 11.1 Å². The maximum atomic E-state index is 15.4. The standard InChI is InChI=1S/C30H38FNO5/c1-16-14-22-19(11-12-32(22)28(35)29(3,4)5)24(23(16)26(27(33)34)37-30(6,7)8)20-15-21(31)25-18(17(20)2)10-9-13-36-25/h14-15,26H,9-13H2,1-8H3,(H,33,34)/t26-/m0/s1. The highest BCUT2D eigenvalue weighted by Crippen LogP contribution is 2.48. The number of fused-ring (bicyclic) bond motifs is 2. The van der Waals surface area contributed by atoms with Gasteiger partial charge in [-0.1, -0.05) is 20.8 Å². The summed E-state index contributed by atoms with van der Waals surface area (Å²) in [4.78, 5) is 27.7. The van der Waals surface area contributed by atoms with E-state index in [9.17, 15) is 14.7 Å². The Kier molecular flexibility index (Phi) is 6.91. The van der Waals surface area contributed by atoms with Gasteiger partial charge < -0.3 is 19.5 Å². The molecule has 0 radical (unpaired) electrons. The maximum Gasteiger partial charge on any atom is 0.337 e. The number of carbonyl (C=O) groups excluding carboxylic acids is 1. The van der Waals surface area contributed by atoms with Crippen molar-refractivity contribution in [2.45, 2.75) is 86.4 Å². The van der Waals surface area contributed by atoms with Crippen LogP contribution in [0.5, 0.6) is 5.75 Å². The van der Waals surface area contributed by atoms with E-state index < -0.39 is 28.9 Å². The molecule has 4 rings (SSSR count). The van der Waals surface area contributed by atoms with E-state index in [1.54, 1.807) is 4.90 Å². The number of nitrogens with zero attached hydrogens (tertiary/aromatic N) is 1. The number of carbonyl (C=O) groups is 2. The third kappa shape index (κ3) is 4.98. The lowest BCUT2D eigenvalue weighted by Crippen LogP contribution is -2.38. The predicted octanol–water partition coefficient (Wildman–Crippen LogP) is 6.31. The highest BCUT2D eigenvalue weighted by Gasteiger charge is 2.39. The molecule has 6 nitrogen and oxygen atoms in total. The van der Waals surface area contributed by atoms with Crippen LogP contribution in [0.2, 0.25) is 0 Å². The van der Waals surface area contributed by atoms with E-state index in [0.29, 0.717) is 48.2 Å². The minimum absolute atomic E-state index is 0.00757. The van der Waals surface area contributed by atoms with E-state index in [1.165, 1.54) is 6.07 Å². The SMILES string of the molecule is Cc1cc2c(c(-c3cc(F)c4c(c3C)CCCO4)c1[C@H](OC(C)(C)C)C(=O)O)CCN2C(=O)C(C)(C)C. The first kappa shape index (κ1) is 27.1. The van der Waals surface area contributed by atoms with Gasteiger partial charge in [-0.25, -0.2) is 9.18 Å². The van der Waals surface area contributed by atoms with Crippen LogP contribution in [0.1, 0.15) is 81.9 Å². The molecule has 1 N–H and O–H groups in total. The summed E-state index contributed by atoms with van der Waals surface area (Å²) in [7, 11) is 0. The lowest BCUT2D eigenvalue weighted by Gasteiger charge is -2.31. The van der Waals surface area contributed by atoms with Crippen LogP contribution in [-0.4, -0.2) is 35.7 Å². The molecule has 0 aliphatic carbocycles. The largest absolute Gasteiger partial charge is 0.490 e. The van der Waals surface area contributed by atoms with Gasteiger partial charge in [0.25, 0.3) is 0 Å². The minimum Gasteiger partial charge on any atom is -0.490 e. The molecule has 1 atom stereocenters. The van der Waals surface area contributed by atoms with Gasteiger partial charge in [-0.3, -0.25) is 4.79 Å². The van der Waals surface area contributed by atoms with Gasteiger partial charge in [-0.15, -0.1) is 0 Å². The summed E-state index contributed by atoms with van der Waals surface area (Å²) in [5.74, 6) is -1.30. The molecule has 0 bridgehead atoms. The predicted molar refractivity (Wildman–Crippen MR) is 142 cm³/mol. The van der Waals surface area contributed by atoms with Crippen molar-refractivity contribution in [3.8, 4) is 16.9 Å². The average Bonchev–Trinajstić information content (AvgIpc) is 3.20. The number of carboxylic acid groups (broad SMARTS) is 1. The third-order valence-electron chi connectivity index (χ3n) is 7.08. The molecule has 37 heavy (non-hydrogen) atoms. The van der Waals surface area contributed by atoms with Crippen molar-refractivity contribution in [2.24, 2.45) is 5.41 Å². The fourth-order valence-electron chi connectivity index (χ4n) is 5.46. The van der Waals surface area contributed by atoms with E-state index in [2.05, 4.69) is 0 Å². The van der Waals surface area contributed by atoms with Crippen molar-refractivity contribution in [1.82, 2.24) is 0 Å². The highest BCUT2D eigenvalue weighted by molar-refractivity contribution is 6.01. The molecule has 7 heteroatoms. The quantitative estimate of drug-likeness (QED) is 0.521. The molecule has 2 aromatic rings. The first-order valence-corrected chi connectivity index (χ1v) is 13.0. The number of halogens is 1. The van der Waals surface area contributed by atoms with Crippen LogP contribution in [0.15, 0.2) is 12.1 Å². The Morgan fingerprint density at radius 1 is 1.08 bits per heavy atom. The Labute approximate surface area is 218 Å². The number of aliphatic carboxylic acids is 1. The Balaban J connectivity index is 2.06. The zero-order valence-electron chi connectivity index (χ0n) is 23.2. The normalized spacial score (nSPS) is 16.2. The Morgan fingerprint density at radius 3 is 2.35 bits per heavy atom. The topological polar surface area (TPSA) is 76.1 Å². The van der Waals surface area contributed by atoms with Gasteiger partial charge in [-0.05, 0) is 93.8 Å². The van der Waals surface area contributed by atoms with E-state index in [4.69, 9.17) is 9.47 Å². The highest BCUT2D eigenvalue weighted by atomic mass is 19.1. The van der Waals surface area contributed by atoms with E-state index in [1.807, 2.05) is 61.5 Å². The van der Waals surface area contributed by atoms with Crippen molar-refractivity contribution in [1.29, 1.82) is 0 Å². The molecule has 0 spiro atoms. The number of ether oxygens (including phenoxy) is 2. The molecular weight excluding hydrogens is 473 g/mol. The van der Waals surface area contributed by atoms with Gasteiger partial charge in [-0.2, -0.15) is 0 Å². The third-order valence-corrected chi connectivity index (χ3v) is 7.08. The molecule has 2 heterocycles. The molecule has 0 saturated carbocycles. The maximum absolute atomic E-state index is 15.4. The number of hydrogen-bond donors (Lipinski definition) is 1. The zero-order chi connectivity index (χ0) is 27.4. The molecule has 1 amide bonds. The number of anilines is 1. The van der Waals surface area contributed by atoms with Gasteiger partial charge >= 0.3 is 5.97 Å². The zero-order valence-corrected chi connectivity index (χ0v) is 23.2. The first-order chi connectivity index (χ1) is 17.1. The van der Waals surface area contributed by atoms with Crippen LogP contribution >= 0.6 is 0 Å². The van der Waals surface area contributed by atoms with Crippen molar-refractivity contribution in [2.75, 3.05) is 18.1 Å². The summed E-state index contributed by atoms with van der Waals surface area (Å²) in [6.45, 7) is 15.8. The van der Waals surface area contributed by atoms with E-state index in [0.717, 1.165) is 28.8 Å². The molecule has 0 fully saturated rings. The molecule has 200 valence electrons. The summed E-state index contributed by atoms with van der Waals surface area (Å²) >= 11 is 0. The smallest absolute Gasteiger partial charge is 0.337 e. The van der Waals surface area contributed by atoms with E-state index >= 15 is 4.39 Å². The average molecular weight is 512 g/mol. The second kappa shape index (κ2) is 9.43.